The SMILES string of the molecule is O=C(O)[C@@H](c1cccnc1C1CCC1)N1CC[C@@H](OCCCCc2ccc3c(n2)NCCC3)C1. The lowest BCUT2D eigenvalue weighted by molar-refractivity contribution is -0.143. The average molecular weight is 465 g/mol. The maximum atomic E-state index is 12.3. The van der Waals surface area contributed by atoms with E-state index in [1.54, 1.807) is 6.20 Å². The van der Waals surface area contributed by atoms with Crippen molar-refractivity contribution < 1.29 is 14.6 Å². The fourth-order valence-corrected chi connectivity index (χ4v) is 5.46. The molecule has 34 heavy (non-hydrogen) atoms. The summed E-state index contributed by atoms with van der Waals surface area (Å²) in [6, 6.07) is 7.55. The number of fused-ring (bicyclic) bond motifs is 1. The summed E-state index contributed by atoms with van der Waals surface area (Å²) in [4.78, 5) is 23.7. The first-order chi connectivity index (χ1) is 16.7. The quantitative estimate of drug-likeness (QED) is 0.506. The first-order valence-electron chi connectivity index (χ1n) is 12.9. The Morgan fingerprint density at radius 3 is 2.94 bits per heavy atom. The van der Waals surface area contributed by atoms with Crippen molar-refractivity contribution in [3.05, 3.63) is 53.0 Å². The molecule has 0 radical (unpaired) electrons. The molecule has 1 saturated heterocycles. The third kappa shape index (κ3) is 5.26. The lowest BCUT2D eigenvalue weighted by Gasteiger charge is -2.31. The van der Waals surface area contributed by atoms with E-state index >= 15 is 0 Å². The first-order valence-corrected chi connectivity index (χ1v) is 12.9. The van der Waals surface area contributed by atoms with Crippen LogP contribution < -0.4 is 5.32 Å². The van der Waals surface area contributed by atoms with Crippen molar-refractivity contribution in [2.24, 2.45) is 0 Å². The maximum Gasteiger partial charge on any atom is 0.325 e. The van der Waals surface area contributed by atoms with Crippen LogP contribution in [0, 0.1) is 0 Å². The Bertz CT molecular complexity index is 994. The summed E-state index contributed by atoms with van der Waals surface area (Å²) < 4.78 is 6.15. The van der Waals surface area contributed by atoms with Gasteiger partial charge < -0.3 is 15.2 Å². The van der Waals surface area contributed by atoms with Crippen LogP contribution >= 0.6 is 0 Å². The van der Waals surface area contributed by atoms with E-state index in [0.29, 0.717) is 19.1 Å². The summed E-state index contributed by atoms with van der Waals surface area (Å²) in [5.74, 6) is 0.683. The van der Waals surface area contributed by atoms with Gasteiger partial charge in [-0.3, -0.25) is 14.7 Å². The number of carboxylic acid groups (broad SMARTS) is 1. The van der Waals surface area contributed by atoms with Crippen LogP contribution in [0.2, 0.25) is 0 Å². The van der Waals surface area contributed by atoms with E-state index in [4.69, 9.17) is 9.72 Å². The highest BCUT2D eigenvalue weighted by Crippen LogP contribution is 2.40. The highest BCUT2D eigenvalue weighted by Gasteiger charge is 2.37. The van der Waals surface area contributed by atoms with Crippen LogP contribution in [0.1, 0.15) is 79.4 Å². The van der Waals surface area contributed by atoms with E-state index in [9.17, 15) is 9.90 Å². The van der Waals surface area contributed by atoms with Gasteiger partial charge in [0.15, 0.2) is 0 Å². The first kappa shape index (κ1) is 23.2. The molecule has 3 aliphatic rings. The number of likely N-dealkylation sites (tertiary alicyclic amines) is 1. The highest BCUT2D eigenvalue weighted by molar-refractivity contribution is 5.76. The summed E-state index contributed by atoms with van der Waals surface area (Å²) in [6.45, 7) is 3.13. The van der Waals surface area contributed by atoms with E-state index in [0.717, 1.165) is 80.8 Å². The number of aryl methyl sites for hydroxylation is 2. The zero-order valence-electron chi connectivity index (χ0n) is 19.9. The van der Waals surface area contributed by atoms with E-state index in [2.05, 4.69) is 27.3 Å². The minimum absolute atomic E-state index is 0.0942. The molecule has 0 aromatic carbocycles. The van der Waals surface area contributed by atoms with Crippen molar-refractivity contribution in [2.45, 2.75) is 75.9 Å². The number of nitrogens with one attached hydrogen (secondary N) is 1. The van der Waals surface area contributed by atoms with Crippen LogP contribution in [0.5, 0.6) is 0 Å². The number of pyridine rings is 2. The van der Waals surface area contributed by atoms with E-state index in [1.165, 1.54) is 18.4 Å². The number of carbonyl (C=O) groups is 1. The second-order valence-corrected chi connectivity index (χ2v) is 9.92. The number of aliphatic carboxylic acids is 1. The van der Waals surface area contributed by atoms with Gasteiger partial charge in [-0.05, 0) is 69.1 Å². The molecule has 1 saturated carbocycles. The normalized spacial score (nSPS) is 21.5. The molecule has 2 N–H and O–H groups in total. The van der Waals surface area contributed by atoms with Crippen molar-refractivity contribution in [3.8, 4) is 0 Å². The number of unbranched alkanes of at least 4 members (excludes halogenated alkanes) is 1. The molecular formula is C27H36N4O3. The maximum absolute atomic E-state index is 12.3. The van der Waals surface area contributed by atoms with Crippen LogP contribution in [0.4, 0.5) is 5.82 Å². The van der Waals surface area contributed by atoms with Gasteiger partial charge in [-0.25, -0.2) is 4.98 Å². The van der Waals surface area contributed by atoms with Gasteiger partial charge in [0.1, 0.15) is 11.9 Å². The number of ether oxygens (including phenoxy) is 1. The van der Waals surface area contributed by atoms with E-state index < -0.39 is 12.0 Å². The van der Waals surface area contributed by atoms with Crippen molar-refractivity contribution >= 4 is 11.8 Å². The fourth-order valence-electron chi connectivity index (χ4n) is 5.46. The Morgan fingerprint density at radius 2 is 2.12 bits per heavy atom. The van der Waals surface area contributed by atoms with Crippen molar-refractivity contribution in [2.75, 3.05) is 31.6 Å². The predicted octanol–water partition coefficient (Wildman–Crippen LogP) is 4.34. The van der Waals surface area contributed by atoms with Gasteiger partial charge in [0.25, 0.3) is 0 Å². The van der Waals surface area contributed by atoms with Crippen LogP contribution in [0.25, 0.3) is 0 Å². The molecule has 7 nitrogen and oxygen atoms in total. The molecule has 2 aromatic heterocycles. The highest BCUT2D eigenvalue weighted by atomic mass is 16.5. The largest absolute Gasteiger partial charge is 0.480 e. The Morgan fingerprint density at radius 1 is 1.21 bits per heavy atom. The summed E-state index contributed by atoms with van der Waals surface area (Å²) in [5, 5.41) is 13.5. The molecular weight excluding hydrogens is 428 g/mol. The molecule has 2 fully saturated rings. The van der Waals surface area contributed by atoms with Gasteiger partial charge in [0.2, 0.25) is 0 Å². The molecule has 0 spiro atoms. The Kier molecular flexibility index (Phi) is 7.40. The molecule has 1 aliphatic carbocycles. The topological polar surface area (TPSA) is 87.6 Å². The second kappa shape index (κ2) is 10.8. The van der Waals surface area contributed by atoms with Crippen LogP contribution in [0.3, 0.4) is 0 Å². The van der Waals surface area contributed by atoms with Crippen molar-refractivity contribution in [3.63, 3.8) is 0 Å². The molecule has 4 heterocycles. The Balaban J connectivity index is 1.09. The van der Waals surface area contributed by atoms with Gasteiger partial charge in [0, 0.05) is 55.3 Å². The molecule has 182 valence electrons. The van der Waals surface area contributed by atoms with Crippen LogP contribution in [-0.2, 0) is 22.4 Å². The third-order valence-electron chi connectivity index (χ3n) is 7.57. The van der Waals surface area contributed by atoms with Crippen molar-refractivity contribution in [1.82, 2.24) is 14.9 Å². The van der Waals surface area contributed by atoms with Gasteiger partial charge >= 0.3 is 5.97 Å². The lowest BCUT2D eigenvalue weighted by Crippen LogP contribution is -2.35. The van der Waals surface area contributed by atoms with Gasteiger partial charge in [-0.15, -0.1) is 0 Å². The minimum Gasteiger partial charge on any atom is -0.480 e. The third-order valence-corrected chi connectivity index (χ3v) is 7.57. The van der Waals surface area contributed by atoms with Gasteiger partial charge in [0.05, 0.1) is 6.10 Å². The summed E-state index contributed by atoms with van der Waals surface area (Å²) in [6.07, 6.45) is 11.5. The molecule has 0 amide bonds. The van der Waals surface area contributed by atoms with Gasteiger partial charge in [-0.1, -0.05) is 18.6 Å². The lowest BCUT2D eigenvalue weighted by atomic mass is 9.80. The molecule has 5 rings (SSSR count). The minimum atomic E-state index is -0.790. The fraction of sp³-hybridized carbons (Fsp3) is 0.593. The number of rotatable bonds is 10. The molecule has 0 unspecified atom stereocenters. The number of hydrogen-bond donors (Lipinski definition) is 2. The Hall–Kier alpha value is -2.51. The number of carboxylic acids is 1. The van der Waals surface area contributed by atoms with Crippen LogP contribution in [-0.4, -0.2) is 58.3 Å². The monoisotopic (exact) mass is 464 g/mol. The number of anilines is 1. The number of aromatic nitrogens is 2. The molecule has 0 bridgehead atoms. The summed E-state index contributed by atoms with van der Waals surface area (Å²) in [5.41, 5.74) is 4.32. The standard InChI is InChI=1S/C27H36N4O3/c32-27(33)25(23-10-5-14-28-24(23)19-6-3-7-19)31-16-13-22(18-31)34-17-2-1-9-21-12-11-20-8-4-15-29-26(20)30-21/h5,10-12,14,19,22,25H,1-4,6-9,13,15-18H2,(H,29,30)(H,32,33)/t22-,25-/m1/s1. The van der Waals surface area contributed by atoms with E-state index in [-0.39, 0.29) is 6.10 Å². The number of nitrogens with zero attached hydrogens (tertiary/aromatic N) is 3. The van der Waals surface area contributed by atoms with Crippen LogP contribution in [0.15, 0.2) is 30.5 Å². The zero-order chi connectivity index (χ0) is 23.3. The van der Waals surface area contributed by atoms with Crippen molar-refractivity contribution in [1.29, 1.82) is 0 Å². The predicted molar refractivity (Wildman–Crippen MR) is 131 cm³/mol. The van der Waals surface area contributed by atoms with E-state index in [1.807, 2.05) is 12.1 Å². The summed E-state index contributed by atoms with van der Waals surface area (Å²) in [7, 11) is 0. The zero-order valence-corrected chi connectivity index (χ0v) is 19.9. The smallest absolute Gasteiger partial charge is 0.325 e. The molecule has 2 aliphatic heterocycles. The summed E-state index contributed by atoms with van der Waals surface area (Å²) >= 11 is 0. The molecule has 7 heteroatoms. The second-order valence-electron chi connectivity index (χ2n) is 9.92. The average Bonchev–Trinajstić information content (AvgIpc) is 3.27. The molecule has 2 atom stereocenters. The van der Waals surface area contributed by atoms with Gasteiger partial charge in [-0.2, -0.15) is 0 Å². The number of hydrogen-bond acceptors (Lipinski definition) is 6. The molecule has 2 aromatic rings. The Labute approximate surface area is 201 Å².